The maximum absolute atomic E-state index is 13.4. The quantitative estimate of drug-likeness (QED) is 0.0477. The molecule has 0 aliphatic carbocycles. The van der Waals surface area contributed by atoms with Crippen LogP contribution in [0.2, 0.25) is 0 Å². The maximum Gasteiger partial charge on any atom is 0.326 e. The molecule has 17 nitrogen and oxygen atoms in total. The fourth-order valence-electron chi connectivity index (χ4n) is 4.13. The zero-order valence-electron chi connectivity index (χ0n) is 23.2. The number of hydrogen-bond donors (Lipinski definition) is 10. The predicted molar refractivity (Wildman–Crippen MR) is 154 cm³/mol. The van der Waals surface area contributed by atoms with E-state index in [1.807, 2.05) is 0 Å². The van der Waals surface area contributed by atoms with Crippen LogP contribution in [-0.2, 0) is 35.2 Å². The largest absolute Gasteiger partial charge is 0.481 e. The molecule has 4 amide bonds. The molecule has 0 aliphatic rings. The zero-order chi connectivity index (χ0) is 32.1. The van der Waals surface area contributed by atoms with Gasteiger partial charge in [-0.15, -0.1) is 0 Å². The molecule has 4 atom stereocenters. The Balaban J connectivity index is 2.28. The lowest BCUT2D eigenvalue weighted by Crippen LogP contribution is -2.57. The Labute approximate surface area is 245 Å². The Morgan fingerprint density at radius 1 is 0.860 bits per heavy atom. The molecule has 2 rings (SSSR count). The van der Waals surface area contributed by atoms with Gasteiger partial charge in [0.15, 0.2) is 5.96 Å². The van der Waals surface area contributed by atoms with Gasteiger partial charge in [-0.25, -0.2) is 4.79 Å². The van der Waals surface area contributed by atoms with Gasteiger partial charge in [-0.05, 0) is 30.9 Å². The van der Waals surface area contributed by atoms with Crippen molar-refractivity contribution >= 4 is 52.4 Å². The molecule has 1 aromatic carbocycles. The van der Waals surface area contributed by atoms with E-state index in [4.69, 9.17) is 28.0 Å². The van der Waals surface area contributed by atoms with Crippen LogP contribution in [-0.4, -0.2) is 87.4 Å². The first kappa shape index (κ1) is 34.0. The van der Waals surface area contributed by atoms with Crippen molar-refractivity contribution in [2.24, 2.45) is 27.9 Å². The highest BCUT2D eigenvalue weighted by Crippen LogP contribution is 2.19. The van der Waals surface area contributed by atoms with E-state index in [0.29, 0.717) is 12.0 Å². The number of primary amides is 1. The standard InChI is InChI=1S/C26H37N9O8/c27-15(5-3-9-31-26(29)30)22(39)33-17(7-8-20(28)36)23(40)34-18(24(41)35-19(25(42)43)11-21(37)38)10-13-12-32-16-6-2-1-4-14(13)16/h1-2,4,6,12,15,17-19,32H,3,5,7-11,27H2,(H2,28,36)(H,33,39)(H,34,40)(H,35,41)(H,37,38)(H,42,43)(H4,29,30,31). The van der Waals surface area contributed by atoms with Crippen LogP contribution in [0.15, 0.2) is 35.5 Å². The topological polar surface area (TPSA) is 311 Å². The maximum atomic E-state index is 13.4. The second kappa shape index (κ2) is 16.3. The Morgan fingerprint density at radius 2 is 1.49 bits per heavy atom. The van der Waals surface area contributed by atoms with Gasteiger partial charge in [0.1, 0.15) is 18.1 Å². The molecule has 0 aliphatic heterocycles. The van der Waals surface area contributed by atoms with E-state index in [0.717, 1.165) is 10.9 Å². The van der Waals surface area contributed by atoms with Crippen LogP contribution < -0.4 is 38.9 Å². The van der Waals surface area contributed by atoms with Crippen molar-refractivity contribution in [1.29, 1.82) is 0 Å². The van der Waals surface area contributed by atoms with Crippen molar-refractivity contribution in [3.63, 3.8) is 0 Å². The summed E-state index contributed by atoms with van der Waals surface area (Å²) in [4.78, 5) is 80.4. The number of H-pyrrole nitrogens is 1. The van der Waals surface area contributed by atoms with Crippen molar-refractivity contribution in [3.05, 3.63) is 36.0 Å². The van der Waals surface area contributed by atoms with Crippen LogP contribution in [0, 0.1) is 0 Å². The van der Waals surface area contributed by atoms with Crippen LogP contribution in [0.25, 0.3) is 10.9 Å². The molecule has 43 heavy (non-hydrogen) atoms. The third kappa shape index (κ3) is 11.3. The highest BCUT2D eigenvalue weighted by Gasteiger charge is 2.32. The predicted octanol–water partition coefficient (Wildman–Crippen LogP) is -2.63. The minimum Gasteiger partial charge on any atom is -0.481 e. The van der Waals surface area contributed by atoms with E-state index >= 15 is 0 Å². The SMILES string of the molecule is NC(=O)CCC(NC(=O)C(N)CCCN=C(N)N)C(=O)NC(Cc1c[nH]c2ccccc12)C(=O)NC(CC(=O)O)C(=O)O. The molecule has 0 saturated carbocycles. The number of carboxylic acids is 2. The van der Waals surface area contributed by atoms with E-state index in [-0.39, 0.29) is 38.2 Å². The number of carbonyl (C=O) groups excluding carboxylic acids is 4. The van der Waals surface area contributed by atoms with Gasteiger partial charge >= 0.3 is 11.9 Å². The molecule has 14 N–H and O–H groups in total. The van der Waals surface area contributed by atoms with Crippen molar-refractivity contribution in [2.75, 3.05) is 6.54 Å². The van der Waals surface area contributed by atoms with Gasteiger partial charge in [0.05, 0.1) is 12.5 Å². The number of guanidine groups is 1. The second-order valence-electron chi connectivity index (χ2n) is 9.74. The number of nitrogens with two attached hydrogens (primary N) is 4. The molecule has 1 aromatic heterocycles. The number of carbonyl (C=O) groups is 6. The number of amides is 4. The Hall–Kier alpha value is -5.19. The lowest BCUT2D eigenvalue weighted by Gasteiger charge is -2.25. The van der Waals surface area contributed by atoms with Gasteiger partial charge in [-0.2, -0.15) is 0 Å². The molecule has 17 heteroatoms. The fourth-order valence-corrected chi connectivity index (χ4v) is 4.13. The summed E-state index contributed by atoms with van der Waals surface area (Å²) in [6.45, 7) is 0.221. The smallest absolute Gasteiger partial charge is 0.326 e. The Kier molecular flexibility index (Phi) is 12.9. The van der Waals surface area contributed by atoms with Gasteiger partial charge in [-0.3, -0.25) is 29.0 Å². The van der Waals surface area contributed by atoms with Crippen LogP contribution in [0.3, 0.4) is 0 Å². The zero-order valence-corrected chi connectivity index (χ0v) is 23.2. The summed E-state index contributed by atoms with van der Waals surface area (Å²) in [7, 11) is 0. The molecule has 1 heterocycles. The van der Waals surface area contributed by atoms with E-state index < -0.39 is 66.2 Å². The van der Waals surface area contributed by atoms with Gasteiger partial charge in [0, 0.05) is 36.5 Å². The minimum atomic E-state index is -1.78. The second-order valence-corrected chi connectivity index (χ2v) is 9.74. The first-order chi connectivity index (χ1) is 20.3. The van der Waals surface area contributed by atoms with Crippen molar-refractivity contribution in [1.82, 2.24) is 20.9 Å². The molecule has 0 radical (unpaired) electrons. The van der Waals surface area contributed by atoms with E-state index in [2.05, 4.69) is 25.9 Å². The number of nitrogens with one attached hydrogen (secondary N) is 4. The molecule has 0 saturated heterocycles. The molecule has 0 fully saturated rings. The minimum absolute atomic E-state index is 0.120. The summed E-state index contributed by atoms with van der Waals surface area (Å²) in [5.74, 6) is -6.51. The van der Waals surface area contributed by atoms with Crippen molar-refractivity contribution in [2.45, 2.75) is 62.7 Å². The summed E-state index contributed by atoms with van der Waals surface area (Å²) in [6.07, 6.45) is 0.561. The number of hydrogen-bond acceptors (Lipinski definition) is 8. The summed E-state index contributed by atoms with van der Waals surface area (Å²) in [6, 6.07) is 1.50. The number of nitrogens with zero attached hydrogens (tertiary/aromatic N) is 1. The van der Waals surface area contributed by atoms with Gasteiger partial charge in [-0.1, -0.05) is 18.2 Å². The van der Waals surface area contributed by atoms with Crippen LogP contribution in [0.1, 0.15) is 37.7 Å². The van der Waals surface area contributed by atoms with Crippen LogP contribution in [0.4, 0.5) is 0 Å². The highest BCUT2D eigenvalue weighted by molar-refractivity contribution is 5.95. The molecular weight excluding hydrogens is 566 g/mol. The lowest BCUT2D eigenvalue weighted by atomic mass is 10.0. The Bertz CT molecular complexity index is 1360. The van der Waals surface area contributed by atoms with Gasteiger partial charge in [0.2, 0.25) is 23.6 Å². The number of carboxylic acid groups (broad SMARTS) is 2. The van der Waals surface area contributed by atoms with E-state index in [1.165, 1.54) is 0 Å². The number of aliphatic carboxylic acids is 2. The number of rotatable bonds is 18. The number of aromatic nitrogens is 1. The Morgan fingerprint density at radius 3 is 2.12 bits per heavy atom. The number of aliphatic imine (C=N–C) groups is 1. The summed E-state index contributed by atoms with van der Waals surface area (Å²) in [5.41, 5.74) is 23.0. The summed E-state index contributed by atoms with van der Waals surface area (Å²) >= 11 is 0. The lowest BCUT2D eigenvalue weighted by molar-refractivity contribution is -0.147. The fraction of sp³-hybridized carbons (Fsp3) is 0.423. The van der Waals surface area contributed by atoms with Gasteiger partial charge in [0.25, 0.3) is 0 Å². The summed E-state index contributed by atoms with van der Waals surface area (Å²) in [5, 5.41) is 26.3. The number of benzene rings is 1. The molecule has 0 spiro atoms. The third-order valence-electron chi connectivity index (χ3n) is 6.34. The van der Waals surface area contributed by atoms with E-state index in [9.17, 15) is 33.9 Å². The van der Waals surface area contributed by atoms with Crippen molar-refractivity contribution in [3.8, 4) is 0 Å². The monoisotopic (exact) mass is 603 g/mol. The van der Waals surface area contributed by atoms with Crippen LogP contribution in [0.5, 0.6) is 0 Å². The molecular formula is C26H37N9O8. The number of para-hydroxylation sites is 1. The molecule has 2 aromatic rings. The molecule has 234 valence electrons. The van der Waals surface area contributed by atoms with Crippen molar-refractivity contribution < 1.29 is 39.0 Å². The van der Waals surface area contributed by atoms with E-state index in [1.54, 1.807) is 30.5 Å². The third-order valence-corrected chi connectivity index (χ3v) is 6.34. The van der Waals surface area contributed by atoms with Crippen LogP contribution >= 0.6 is 0 Å². The normalized spacial score (nSPS) is 13.6. The van der Waals surface area contributed by atoms with Gasteiger partial charge < -0.3 is 54.1 Å². The first-order valence-corrected chi connectivity index (χ1v) is 13.3. The number of fused-ring (bicyclic) bond motifs is 1. The number of aromatic amines is 1. The molecule has 4 unspecified atom stereocenters. The average Bonchev–Trinajstić information content (AvgIpc) is 3.34. The molecule has 0 bridgehead atoms. The average molecular weight is 604 g/mol. The first-order valence-electron chi connectivity index (χ1n) is 13.3. The summed E-state index contributed by atoms with van der Waals surface area (Å²) < 4.78 is 0. The highest BCUT2D eigenvalue weighted by atomic mass is 16.4.